The maximum Gasteiger partial charge on any atom is 0.257 e. The van der Waals surface area contributed by atoms with E-state index in [-0.39, 0.29) is 5.91 Å². The highest BCUT2D eigenvalue weighted by molar-refractivity contribution is 7.20. The molecule has 1 N–H and O–H groups in total. The lowest BCUT2D eigenvalue weighted by atomic mass is 10.1. The second-order valence-corrected chi connectivity index (χ2v) is 7.39. The van der Waals surface area contributed by atoms with Crippen molar-refractivity contribution in [1.29, 1.82) is 0 Å². The van der Waals surface area contributed by atoms with Crippen molar-refractivity contribution in [2.24, 2.45) is 0 Å². The van der Waals surface area contributed by atoms with Gasteiger partial charge >= 0.3 is 0 Å². The first-order valence-electron chi connectivity index (χ1n) is 8.63. The van der Waals surface area contributed by atoms with Crippen molar-refractivity contribution in [1.82, 2.24) is 19.8 Å². The minimum atomic E-state index is -0.382. The molecule has 0 spiro atoms. The van der Waals surface area contributed by atoms with E-state index in [1.165, 1.54) is 32.7 Å². The number of hydrogen-bond acceptors (Lipinski definition) is 8. The third kappa shape index (κ3) is 3.62. The van der Waals surface area contributed by atoms with Crippen molar-refractivity contribution >= 4 is 38.9 Å². The van der Waals surface area contributed by atoms with Crippen molar-refractivity contribution < 1.29 is 19.0 Å². The van der Waals surface area contributed by atoms with E-state index in [9.17, 15) is 4.79 Å². The summed E-state index contributed by atoms with van der Waals surface area (Å²) in [4.78, 5) is 13.3. The van der Waals surface area contributed by atoms with E-state index in [4.69, 9.17) is 25.8 Å². The molecule has 2 aromatic carbocycles. The number of hydrogen-bond donors (Lipinski definition) is 1. The maximum atomic E-state index is 12.8. The smallest absolute Gasteiger partial charge is 0.257 e. The molecule has 0 radical (unpaired) electrons. The molecule has 4 rings (SSSR count). The van der Waals surface area contributed by atoms with Crippen LogP contribution in [0.3, 0.4) is 0 Å². The Morgan fingerprint density at radius 2 is 1.70 bits per heavy atom. The number of amides is 1. The third-order valence-corrected chi connectivity index (χ3v) is 5.31. The van der Waals surface area contributed by atoms with Gasteiger partial charge in [-0.2, -0.15) is 4.52 Å². The number of halogens is 1. The summed E-state index contributed by atoms with van der Waals surface area (Å²) in [6.07, 6.45) is 0. The van der Waals surface area contributed by atoms with Gasteiger partial charge in [-0.05, 0) is 36.4 Å². The molecule has 2 aromatic heterocycles. The third-order valence-electron chi connectivity index (χ3n) is 4.24. The molecule has 0 unspecified atom stereocenters. The molecule has 2 heterocycles. The van der Waals surface area contributed by atoms with Crippen molar-refractivity contribution in [3.05, 3.63) is 47.0 Å². The number of fused-ring (bicyclic) bond motifs is 1. The maximum absolute atomic E-state index is 12.8. The zero-order valence-corrected chi connectivity index (χ0v) is 17.7. The molecule has 30 heavy (non-hydrogen) atoms. The lowest BCUT2D eigenvalue weighted by Crippen LogP contribution is -2.13. The summed E-state index contributed by atoms with van der Waals surface area (Å²) < 4.78 is 17.5. The van der Waals surface area contributed by atoms with Gasteiger partial charge in [0.25, 0.3) is 5.91 Å². The molecule has 0 saturated heterocycles. The Morgan fingerprint density at radius 3 is 2.30 bits per heavy atom. The van der Waals surface area contributed by atoms with Crippen LogP contribution in [0.5, 0.6) is 17.2 Å². The fraction of sp³-hybridized carbons (Fsp3) is 0.158. The van der Waals surface area contributed by atoms with Crippen LogP contribution in [0.1, 0.15) is 10.4 Å². The normalized spacial score (nSPS) is 10.8. The van der Waals surface area contributed by atoms with Gasteiger partial charge in [0.15, 0.2) is 17.3 Å². The average molecular weight is 446 g/mol. The van der Waals surface area contributed by atoms with Crippen LogP contribution in [-0.2, 0) is 0 Å². The van der Waals surface area contributed by atoms with E-state index in [1.54, 1.807) is 28.8 Å². The van der Waals surface area contributed by atoms with Crippen LogP contribution < -0.4 is 19.5 Å². The fourth-order valence-electron chi connectivity index (χ4n) is 2.83. The molecule has 0 saturated carbocycles. The molecule has 0 bridgehead atoms. The van der Waals surface area contributed by atoms with Crippen LogP contribution in [0, 0.1) is 0 Å². The minimum absolute atomic E-state index is 0.327. The van der Waals surface area contributed by atoms with E-state index >= 15 is 0 Å². The van der Waals surface area contributed by atoms with Gasteiger partial charge in [0.1, 0.15) is 0 Å². The van der Waals surface area contributed by atoms with Crippen LogP contribution in [0.25, 0.3) is 16.3 Å². The van der Waals surface area contributed by atoms with Crippen LogP contribution >= 0.6 is 22.9 Å². The van der Waals surface area contributed by atoms with Gasteiger partial charge in [-0.25, -0.2) is 0 Å². The number of anilines is 1. The summed E-state index contributed by atoms with van der Waals surface area (Å²) in [7, 11) is 4.47. The molecule has 11 heteroatoms. The quantitative estimate of drug-likeness (QED) is 0.482. The lowest BCUT2D eigenvalue weighted by Gasteiger charge is -2.13. The second kappa shape index (κ2) is 8.17. The average Bonchev–Trinajstić information content (AvgIpc) is 3.33. The molecular formula is C19H16ClN5O4S. The van der Waals surface area contributed by atoms with Gasteiger partial charge in [0.05, 0.1) is 21.3 Å². The van der Waals surface area contributed by atoms with E-state index in [0.717, 1.165) is 5.56 Å². The summed E-state index contributed by atoms with van der Waals surface area (Å²) >= 11 is 7.14. The standard InChI is InChI=1S/C19H16ClN5O4S/c1-27-13-8-11(9-14(28-2)15(13)29-3)17(26)21-18-24-25-16(22-23-19(25)30-18)10-4-6-12(20)7-5-10/h4-9H,1-3H3,(H,21,24,26). The zero-order chi connectivity index (χ0) is 21.3. The summed E-state index contributed by atoms with van der Waals surface area (Å²) in [5, 5.41) is 16.5. The zero-order valence-electron chi connectivity index (χ0n) is 16.2. The fourth-order valence-corrected chi connectivity index (χ4v) is 3.69. The molecule has 9 nitrogen and oxygen atoms in total. The first-order valence-corrected chi connectivity index (χ1v) is 9.83. The number of nitrogens with one attached hydrogen (secondary N) is 1. The SMILES string of the molecule is COc1cc(C(=O)Nc2nn3c(-c4ccc(Cl)cc4)nnc3s2)cc(OC)c1OC. The first-order chi connectivity index (χ1) is 14.5. The number of rotatable bonds is 6. The number of ether oxygens (including phenoxy) is 3. The van der Waals surface area contributed by atoms with Crippen LogP contribution in [0.4, 0.5) is 5.13 Å². The predicted molar refractivity (Wildman–Crippen MR) is 113 cm³/mol. The Hall–Kier alpha value is -3.37. The lowest BCUT2D eigenvalue weighted by molar-refractivity contribution is 0.102. The Kier molecular flexibility index (Phi) is 5.42. The largest absolute Gasteiger partial charge is 0.493 e. The summed E-state index contributed by atoms with van der Waals surface area (Å²) in [6, 6.07) is 10.3. The van der Waals surface area contributed by atoms with Crippen molar-refractivity contribution in [3.8, 4) is 28.6 Å². The van der Waals surface area contributed by atoms with Gasteiger partial charge in [-0.1, -0.05) is 22.9 Å². The van der Waals surface area contributed by atoms with Gasteiger partial charge in [-0.15, -0.1) is 15.3 Å². The summed E-state index contributed by atoms with van der Waals surface area (Å²) in [5.41, 5.74) is 1.13. The second-order valence-electron chi connectivity index (χ2n) is 6.00. The number of carbonyl (C=O) groups excluding carboxylic acids is 1. The molecular weight excluding hydrogens is 430 g/mol. The number of aromatic nitrogens is 4. The monoisotopic (exact) mass is 445 g/mol. The van der Waals surface area contributed by atoms with Gasteiger partial charge in [0, 0.05) is 16.1 Å². The molecule has 4 aromatic rings. The highest BCUT2D eigenvalue weighted by Gasteiger charge is 2.19. The summed E-state index contributed by atoms with van der Waals surface area (Å²) in [5.74, 6) is 1.33. The van der Waals surface area contributed by atoms with Gasteiger partial charge < -0.3 is 14.2 Å². The first kappa shape index (κ1) is 19.9. The van der Waals surface area contributed by atoms with Gasteiger partial charge in [-0.3, -0.25) is 10.1 Å². The van der Waals surface area contributed by atoms with Crippen LogP contribution in [0.2, 0.25) is 5.02 Å². The van der Waals surface area contributed by atoms with Gasteiger partial charge in [0.2, 0.25) is 15.8 Å². The number of nitrogens with zero attached hydrogens (tertiary/aromatic N) is 4. The summed E-state index contributed by atoms with van der Waals surface area (Å²) in [6.45, 7) is 0. The Labute approximate surface area is 180 Å². The minimum Gasteiger partial charge on any atom is -0.493 e. The highest BCUT2D eigenvalue weighted by Crippen LogP contribution is 2.38. The molecule has 0 aliphatic heterocycles. The molecule has 0 aliphatic rings. The van der Waals surface area contributed by atoms with E-state index in [0.29, 0.717) is 43.8 Å². The molecule has 0 aliphatic carbocycles. The molecule has 0 fully saturated rings. The Balaban J connectivity index is 1.63. The van der Waals surface area contributed by atoms with Crippen molar-refractivity contribution in [2.45, 2.75) is 0 Å². The number of benzene rings is 2. The van der Waals surface area contributed by atoms with E-state index < -0.39 is 0 Å². The van der Waals surface area contributed by atoms with E-state index in [2.05, 4.69) is 20.6 Å². The topological polar surface area (TPSA) is 99.9 Å². The van der Waals surface area contributed by atoms with Crippen LogP contribution in [0.15, 0.2) is 36.4 Å². The van der Waals surface area contributed by atoms with Crippen LogP contribution in [-0.4, -0.2) is 47.0 Å². The molecule has 1 amide bonds. The van der Waals surface area contributed by atoms with E-state index in [1.807, 2.05) is 12.1 Å². The molecule has 154 valence electrons. The molecule has 0 atom stereocenters. The van der Waals surface area contributed by atoms with Crippen molar-refractivity contribution in [3.63, 3.8) is 0 Å². The number of carbonyl (C=O) groups is 1. The predicted octanol–water partition coefficient (Wildman–Crippen LogP) is 3.78. The Bertz CT molecular complexity index is 1200. The Morgan fingerprint density at radius 1 is 1.03 bits per heavy atom. The highest BCUT2D eigenvalue weighted by atomic mass is 35.5. The number of methoxy groups -OCH3 is 3. The van der Waals surface area contributed by atoms with Crippen molar-refractivity contribution in [2.75, 3.05) is 26.6 Å².